The molecule has 3 nitrogen and oxygen atoms in total. The molecular weight excluding hydrogens is 116 g/mol. The average molecular weight is 128 g/mol. The minimum atomic E-state index is 0.0972. The maximum atomic E-state index is 11.0. The molecule has 1 rings (SSSR count). The fraction of sp³-hybridized carbons (Fsp3) is 0.833. The second-order valence-corrected chi connectivity index (χ2v) is 2.67. The van der Waals surface area contributed by atoms with E-state index in [1.165, 1.54) is 0 Å². The number of amides is 1. The molecule has 1 fully saturated rings. The molecule has 3 heteroatoms. The predicted octanol–water partition coefficient (Wildman–Crippen LogP) is -0.565. The second-order valence-electron chi connectivity index (χ2n) is 2.67. The summed E-state index contributed by atoms with van der Waals surface area (Å²) in [6.07, 6.45) is 0. The minimum absolute atomic E-state index is 0.0972. The Labute approximate surface area is 55.0 Å². The first-order valence-corrected chi connectivity index (χ1v) is 3.10. The molecule has 1 aliphatic heterocycles. The maximum Gasteiger partial charge on any atom is 0.240 e. The van der Waals surface area contributed by atoms with E-state index in [-0.39, 0.29) is 11.9 Å². The van der Waals surface area contributed by atoms with Gasteiger partial charge in [0.15, 0.2) is 0 Å². The summed E-state index contributed by atoms with van der Waals surface area (Å²) >= 11 is 0. The van der Waals surface area contributed by atoms with E-state index in [4.69, 9.17) is 0 Å². The summed E-state index contributed by atoms with van der Waals surface area (Å²) < 4.78 is 0. The van der Waals surface area contributed by atoms with Crippen LogP contribution in [0.3, 0.4) is 0 Å². The molecule has 52 valence electrons. The Morgan fingerprint density at radius 2 is 2.00 bits per heavy atom. The van der Waals surface area contributed by atoms with Gasteiger partial charge in [-0.25, -0.2) is 0 Å². The van der Waals surface area contributed by atoms with Crippen molar-refractivity contribution in [2.24, 2.45) is 0 Å². The Balaban J connectivity index is 2.36. The molecule has 1 saturated heterocycles. The number of rotatable bonds is 1. The van der Waals surface area contributed by atoms with Gasteiger partial charge in [-0.05, 0) is 6.92 Å². The molecule has 0 aromatic heterocycles. The number of hydrogen-bond donors (Lipinski definition) is 1. The third-order valence-corrected chi connectivity index (χ3v) is 1.54. The van der Waals surface area contributed by atoms with Crippen LogP contribution < -0.4 is 5.32 Å². The molecule has 0 saturated carbocycles. The zero-order valence-corrected chi connectivity index (χ0v) is 6.01. The topological polar surface area (TPSA) is 42.3 Å². The summed E-state index contributed by atoms with van der Waals surface area (Å²) in [4.78, 5) is 12.6. The molecule has 1 aliphatic rings. The molecule has 2 unspecified atom stereocenters. The van der Waals surface area contributed by atoms with E-state index in [2.05, 4.69) is 5.32 Å². The molecule has 0 bridgehead atoms. The van der Waals surface area contributed by atoms with Crippen LogP contribution in [0, 0.1) is 0 Å². The van der Waals surface area contributed by atoms with Crippen molar-refractivity contribution >= 4 is 5.91 Å². The zero-order chi connectivity index (χ0) is 7.02. The van der Waals surface area contributed by atoms with Gasteiger partial charge in [0, 0.05) is 20.1 Å². The van der Waals surface area contributed by atoms with Crippen molar-refractivity contribution in [1.29, 1.82) is 0 Å². The Bertz CT molecular complexity index is 133. The monoisotopic (exact) mass is 128 g/mol. The van der Waals surface area contributed by atoms with Crippen LogP contribution in [0.4, 0.5) is 0 Å². The smallest absolute Gasteiger partial charge is 0.240 e. The molecule has 1 N–H and O–H groups in total. The molecule has 2 atom stereocenters. The Hall–Kier alpha value is -0.570. The van der Waals surface area contributed by atoms with Crippen molar-refractivity contribution in [3.05, 3.63) is 0 Å². The summed E-state index contributed by atoms with van der Waals surface area (Å²) in [5, 5.41) is 3.02. The first-order chi connectivity index (χ1) is 4.13. The molecule has 1 amide bonds. The highest BCUT2D eigenvalue weighted by atomic mass is 16.2. The van der Waals surface area contributed by atoms with Crippen LogP contribution in [0.25, 0.3) is 0 Å². The van der Waals surface area contributed by atoms with Crippen molar-refractivity contribution in [2.75, 3.05) is 14.1 Å². The van der Waals surface area contributed by atoms with Crippen LogP contribution in [-0.4, -0.2) is 37.0 Å². The van der Waals surface area contributed by atoms with Crippen LogP contribution in [0.2, 0.25) is 0 Å². The number of likely N-dealkylation sites (N-methyl/N-ethyl adjacent to an activating group) is 1. The van der Waals surface area contributed by atoms with E-state index in [9.17, 15) is 4.79 Å². The van der Waals surface area contributed by atoms with Gasteiger partial charge >= 0.3 is 0 Å². The van der Waals surface area contributed by atoms with Crippen LogP contribution in [0.1, 0.15) is 6.92 Å². The van der Waals surface area contributed by atoms with Crippen molar-refractivity contribution in [3.63, 3.8) is 0 Å². The van der Waals surface area contributed by atoms with Gasteiger partial charge in [0.2, 0.25) is 5.91 Å². The highest BCUT2D eigenvalue weighted by Gasteiger charge is 2.38. The molecule has 0 radical (unpaired) electrons. The highest BCUT2D eigenvalue weighted by Crippen LogP contribution is 2.10. The Morgan fingerprint density at radius 1 is 1.56 bits per heavy atom. The number of hydrogen-bond acceptors (Lipinski definition) is 2. The Kier molecular flexibility index (Phi) is 1.45. The average Bonchev–Trinajstić information content (AvgIpc) is 2.44. The molecular formula is C6H12N2O. The molecule has 0 aromatic rings. The van der Waals surface area contributed by atoms with Crippen molar-refractivity contribution in [3.8, 4) is 0 Å². The molecule has 1 heterocycles. The van der Waals surface area contributed by atoms with Gasteiger partial charge in [-0.15, -0.1) is 0 Å². The lowest BCUT2D eigenvalue weighted by Gasteiger charge is -2.07. The number of nitrogens with one attached hydrogen (secondary N) is 1. The molecule has 9 heavy (non-hydrogen) atoms. The number of carbonyl (C=O) groups is 1. The molecule has 0 aliphatic carbocycles. The highest BCUT2D eigenvalue weighted by molar-refractivity contribution is 5.85. The quantitative estimate of drug-likeness (QED) is 0.481. The SMILES string of the molecule is CC1NC1C(=O)N(C)C. The van der Waals surface area contributed by atoms with Crippen LogP contribution in [0.5, 0.6) is 0 Å². The van der Waals surface area contributed by atoms with Crippen molar-refractivity contribution in [1.82, 2.24) is 10.2 Å². The van der Waals surface area contributed by atoms with Crippen molar-refractivity contribution in [2.45, 2.75) is 19.0 Å². The van der Waals surface area contributed by atoms with Gasteiger partial charge in [0.05, 0.1) is 0 Å². The van der Waals surface area contributed by atoms with Gasteiger partial charge in [-0.3, -0.25) is 10.1 Å². The summed E-state index contributed by atoms with van der Waals surface area (Å²) in [7, 11) is 3.55. The van der Waals surface area contributed by atoms with E-state index in [1.807, 2.05) is 6.92 Å². The van der Waals surface area contributed by atoms with E-state index in [0.717, 1.165) is 0 Å². The molecule has 0 aromatic carbocycles. The lowest BCUT2D eigenvalue weighted by Crippen LogP contribution is -2.28. The Morgan fingerprint density at radius 3 is 2.11 bits per heavy atom. The normalized spacial score (nSPS) is 31.9. The lowest BCUT2D eigenvalue weighted by molar-refractivity contribution is -0.128. The fourth-order valence-corrected chi connectivity index (χ4v) is 0.791. The van der Waals surface area contributed by atoms with Crippen LogP contribution in [0.15, 0.2) is 0 Å². The van der Waals surface area contributed by atoms with Gasteiger partial charge in [-0.2, -0.15) is 0 Å². The lowest BCUT2D eigenvalue weighted by atomic mass is 10.3. The number of carbonyl (C=O) groups excluding carboxylic acids is 1. The third-order valence-electron chi connectivity index (χ3n) is 1.54. The standard InChI is InChI=1S/C6H12N2O/c1-4-5(7-4)6(9)8(2)3/h4-5,7H,1-3H3. The number of nitrogens with zero attached hydrogens (tertiary/aromatic N) is 1. The third kappa shape index (κ3) is 1.21. The van der Waals surface area contributed by atoms with Gasteiger partial charge < -0.3 is 4.90 Å². The summed E-state index contributed by atoms with van der Waals surface area (Å²) in [5.74, 6) is 0.183. The summed E-state index contributed by atoms with van der Waals surface area (Å²) in [6.45, 7) is 2.01. The zero-order valence-electron chi connectivity index (χ0n) is 6.01. The van der Waals surface area contributed by atoms with Crippen molar-refractivity contribution < 1.29 is 4.79 Å². The van der Waals surface area contributed by atoms with Crippen LogP contribution >= 0.6 is 0 Å². The second kappa shape index (κ2) is 1.99. The minimum Gasteiger partial charge on any atom is -0.347 e. The maximum absolute atomic E-state index is 11.0. The predicted molar refractivity (Wildman–Crippen MR) is 35.1 cm³/mol. The largest absolute Gasteiger partial charge is 0.347 e. The van der Waals surface area contributed by atoms with Gasteiger partial charge in [0.25, 0.3) is 0 Å². The van der Waals surface area contributed by atoms with E-state index < -0.39 is 0 Å². The fourth-order valence-electron chi connectivity index (χ4n) is 0.791. The first kappa shape index (κ1) is 6.55. The van der Waals surface area contributed by atoms with Gasteiger partial charge in [0.1, 0.15) is 6.04 Å². The first-order valence-electron chi connectivity index (χ1n) is 3.10. The van der Waals surface area contributed by atoms with Crippen LogP contribution in [-0.2, 0) is 4.79 Å². The van der Waals surface area contributed by atoms with E-state index in [0.29, 0.717) is 6.04 Å². The van der Waals surface area contributed by atoms with E-state index in [1.54, 1.807) is 19.0 Å². The van der Waals surface area contributed by atoms with E-state index >= 15 is 0 Å². The summed E-state index contributed by atoms with van der Waals surface area (Å²) in [5.41, 5.74) is 0. The summed E-state index contributed by atoms with van der Waals surface area (Å²) in [6, 6.07) is 0.486. The molecule has 0 spiro atoms. The van der Waals surface area contributed by atoms with Gasteiger partial charge in [-0.1, -0.05) is 0 Å².